The molecule has 1 aromatic heterocycles. The van der Waals surface area contributed by atoms with Gasteiger partial charge in [-0.05, 0) is 36.8 Å². The van der Waals surface area contributed by atoms with Crippen LogP contribution in [-0.2, 0) is 32.2 Å². The number of fused-ring (bicyclic) bond motifs is 1. The lowest BCUT2D eigenvalue weighted by molar-refractivity contribution is -0.137. The molecule has 1 aliphatic heterocycles. The average molecular weight is 475 g/mol. The Morgan fingerprint density at radius 1 is 1.21 bits per heavy atom. The number of ether oxygens (including phenoxy) is 1. The molecule has 8 heteroatoms. The molecule has 180 valence electrons. The van der Waals surface area contributed by atoms with E-state index in [1.54, 1.807) is 4.90 Å². The maximum atomic E-state index is 13.3. The van der Waals surface area contributed by atoms with Crippen LogP contribution in [0, 0.1) is 5.92 Å². The molecule has 1 aromatic carbocycles. The molecule has 2 heterocycles. The average Bonchev–Trinajstić information content (AvgIpc) is 3.14. The van der Waals surface area contributed by atoms with E-state index in [-0.39, 0.29) is 29.4 Å². The quantitative estimate of drug-likeness (QED) is 0.516. The van der Waals surface area contributed by atoms with Crippen LogP contribution >= 0.6 is 0 Å². The van der Waals surface area contributed by atoms with Gasteiger partial charge in [-0.2, -0.15) is 0 Å². The SMILES string of the molecule is CCCc1nc2ccccc2c(C(=O)OCC(=O)N(CC(C)C)C2CCS(=O)(=O)C2)c1CC. The molecule has 2 aromatic rings. The smallest absolute Gasteiger partial charge is 0.339 e. The minimum Gasteiger partial charge on any atom is -0.452 e. The lowest BCUT2D eigenvalue weighted by Crippen LogP contribution is -2.45. The van der Waals surface area contributed by atoms with Crippen molar-refractivity contribution in [1.29, 1.82) is 0 Å². The number of pyridine rings is 1. The van der Waals surface area contributed by atoms with E-state index in [0.717, 1.165) is 29.6 Å². The maximum absolute atomic E-state index is 13.3. The Labute approximate surface area is 196 Å². The fraction of sp³-hybridized carbons (Fsp3) is 0.560. The Balaban J connectivity index is 1.85. The number of benzene rings is 1. The van der Waals surface area contributed by atoms with Gasteiger partial charge in [-0.3, -0.25) is 9.78 Å². The Morgan fingerprint density at radius 2 is 1.94 bits per heavy atom. The van der Waals surface area contributed by atoms with Gasteiger partial charge in [-0.25, -0.2) is 13.2 Å². The second kappa shape index (κ2) is 10.6. The van der Waals surface area contributed by atoms with Gasteiger partial charge in [-0.15, -0.1) is 0 Å². The highest BCUT2D eigenvalue weighted by Crippen LogP contribution is 2.26. The number of amides is 1. The monoisotopic (exact) mass is 474 g/mol. The fourth-order valence-electron chi connectivity index (χ4n) is 4.51. The summed E-state index contributed by atoms with van der Waals surface area (Å²) in [5.41, 5.74) is 2.94. The van der Waals surface area contributed by atoms with Crippen molar-refractivity contribution in [3.63, 3.8) is 0 Å². The van der Waals surface area contributed by atoms with E-state index in [0.29, 0.717) is 30.3 Å². The summed E-state index contributed by atoms with van der Waals surface area (Å²) in [5.74, 6) is -0.679. The van der Waals surface area contributed by atoms with E-state index in [2.05, 4.69) is 6.92 Å². The summed E-state index contributed by atoms with van der Waals surface area (Å²) >= 11 is 0. The molecule has 0 spiro atoms. The van der Waals surface area contributed by atoms with Gasteiger partial charge in [0.1, 0.15) is 0 Å². The van der Waals surface area contributed by atoms with Crippen LogP contribution in [0.5, 0.6) is 0 Å². The highest BCUT2D eigenvalue weighted by molar-refractivity contribution is 7.91. The van der Waals surface area contributed by atoms with Crippen molar-refractivity contribution in [3.8, 4) is 0 Å². The van der Waals surface area contributed by atoms with Crippen molar-refractivity contribution in [2.45, 2.75) is 59.4 Å². The minimum absolute atomic E-state index is 0.0330. The van der Waals surface area contributed by atoms with Gasteiger partial charge in [0.25, 0.3) is 5.91 Å². The molecular formula is C25H34N2O5S. The molecule has 1 saturated heterocycles. The molecule has 0 N–H and O–H groups in total. The van der Waals surface area contributed by atoms with E-state index in [1.165, 1.54) is 0 Å². The third kappa shape index (κ3) is 5.91. The molecule has 1 fully saturated rings. The van der Waals surface area contributed by atoms with E-state index >= 15 is 0 Å². The van der Waals surface area contributed by atoms with Crippen LogP contribution in [0.25, 0.3) is 10.9 Å². The van der Waals surface area contributed by atoms with Gasteiger partial charge in [0, 0.05) is 23.7 Å². The molecule has 1 atom stereocenters. The predicted molar refractivity (Wildman–Crippen MR) is 129 cm³/mol. The first-order chi connectivity index (χ1) is 15.7. The summed E-state index contributed by atoms with van der Waals surface area (Å²) in [6.07, 6.45) is 2.71. The standard InChI is InChI=1S/C25H34N2O5S/c1-5-9-21-19(6-2)24(20-10-7-8-11-22(20)26-21)25(29)32-15-23(28)27(14-17(3)4)18-12-13-33(30,31)16-18/h7-8,10-11,17-18H,5-6,9,12-16H2,1-4H3. The van der Waals surface area contributed by atoms with Crippen LogP contribution in [0.3, 0.4) is 0 Å². The number of carbonyl (C=O) groups is 2. The Bertz CT molecular complexity index is 1130. The van der Waals surface area contributed by atoms with Crippen LogP contribution in [0.1, 0.15) is 62.2 Å². The molecule has 0 aliphatic carbocycles. The van der Waals surface area contributed by atoms with Gasteiger partial charge < -0.3 is 9.64 Å². The zero-order valence-corrected chi connectivity index (χ0v) is 20.8. The summed E-state index contributed by atoms with van der Waals surface area (Å²) in [6, 6.07) is 7.10. The second-order valence-corrected chi connectivity index (χ2v) is 11.3. The molecule has 3 rings (SSSR count). The minimum atomic E-state index is -3.14. The van der Waals surface area contributed by atoms with Crippen LogP contribution in [0.2, 0.25) is 0 Å². The number of carbonyl (C=O) groups excluding carboxylic acids is 2. The Kier molecular flexibility index (Phi) is 8.10. The second-order valence-electron chi connectivity index (χ2n) is 9.11. The lowest BCUT2D eigenvalue weighted by Gasteiger charge is -2.29. The Morgan fingerprint density at radius 3 is 2.55 bits per heavy atom. The van der Waals surface area contributed by atoms with E-state index in [4.69, 9.17) is 9.72 Å². The zero-order valence-electron chi connectivity index (χ0n) is 20.0. The number of sulfone groups is 1. The van der Waals surface area contributed by atoms with Crippen LogP contribution in [0.4, 0.5) is 0 Å². The Hall–Kier alpha value is -2.48. The molecule has 7 nitrogen and oxygen atoms in total. The number of aromatic nitrogens is 1. The van der Waals surface area contributed by atoms with Crippen molar-refractivity contribution in [3.05, 3.63) is 41.1 Å². The summed E-state index contributed by atoms with van der Waals surface area (Å²) < 4.78 is 29.5. The molecule has 0 radical (unpaired) electrons. The van der Waals surface area contributed by atoms with Gasteiger partial charge in [0.05, 0.1) is 22.6 Å². The number of nitrogens with zero attached hydrogens (tertiary/aromatic N) is 2. The molecule has 0 bridgehead atoms. The van der Waals surface area contributed by atoms with Crippen molar-refractivity contribution in [1.82, 2.24) is 9.88 Å². The summed E-state index contributed by atoms with van der Waals surface area (Å²) in [4.78, 5) is 32.6. The van der Waals surface area contributed by atoms with Gasteiger partial charge >= 0.3 is 5.97 Å². The number of para-hydroxylation sites is 1. The molecule has 33 heavy (non-hydrogen) atoms. The molecule has 1 amide bonds. The lowest BCUT2D eigenvalue weighted by atomic mass is 9.96. The summed E-state index contributed by atoms with van der Waals surface area (Å²) in [6.45, 7) is 8.02. The van der Waals surface area contributed by atoms with Crippen molar-refractivity contribution in [2.75, 3.05) is 24.7 Å². The zero-order chi connectivity index (χ0) is 24.2. The van der Waals surface area contributed by atoms with Crippen molar-refractivity contribution in [2.24, 2.45) is 5.92 Å². The molecule has 1 unspecified atom stereocenters. The first kappa shape index (κ1) is 25.1. The van der Waals surface area contributed by atoms with Crippen molar-refractivity contribution >= 4 is 32.6 Å². The number of hydrogen-bond acceptors (Lipinski definition) is 6. The number of aryl methyl sites for hydroxylation is 1. The molecular weight excluding hydrogens is 440 g/mol. The summed E-state index contributed by atoms with van der Waals surface area (Å²) in [5, 5.41) is 0.715. The fourth-order valence-corrected chi connectivity index (χ4v) is 6.24. The molecule has 0 saturated carbocycles. The van der Waals surface area contributed by atoms with E-state index < -0.39 is 22.4 Å². The third-order valence-electron chi connectivity index (χ3n) is 5.98. The predicted octanol–water partition coefficient (Wildman–Crippen LogP) is 3.58. The number of esters is 1. The number of hydrogen-bond donors (Lipinski definition) is 0. The third-order valence-corrected chi connectivity index (χ3v) is 7.73. The first-order valence-corrected chi connectivity index (χ1v) is 13.6. The molecule has 1 aliphatic rings. The van der Waals surface area contributed by atoms with Gasteiger partial charge in [-0.1, -0.05) is 52.3 Å². The van der Waals surface area contributed by atoms with E-state index in [9.17, 15) is 18.0 Å². The summed E-state index contributed by atoms with van der Waals surface area (Å²) in [7, 11) is -3.14. The van der Waals surface area contributed by atoms with Gasteiger partial charge in [0.15, 0.2) is 16.4 Å². The highest BCUT2D eigenvalue weighted by atomic mass is 32.2. The maximum Gasteiger partial charge on any atom is 0.339 e. The van der Waals surface area contributed by atoms with E-state index in [1.807, 2.05) is 45.0 Å². The largest absolute Gasteiger partial charge is 0.452 e. The normalized spacial score (nSPS) is 17.4. The topological polar surface area (TPSA) is 93.6 Å². The van der Waals surface area contributed by atoms with Crippen molar-refractivity contribution < 1.29 is 22.7 Å². The van der Waals surface area contributed by atoms with Crippen LogP contribution in [-0.4, -0.2) is 60.9 Å². The van der Waals surface area contributed by atoms with Crippen LogP contribution < -0.4 is 0 Å². The highest BCUT2D eigenvalue weighted by Gasteiger charge is 2.35. The van der Waals surface area contributed by atoms with Gasteiger partial charge in [0.2, 0.25) is 0 Å². The van der Waals surface area contributed by atoms with Crippen LogP contribution in [0.15, 0.2) is 24.3 Å². The number of rotatable bonds is 9. The first-order valence-electron chi connectivity index (χ1n) is 11.7.